The Balaban J connectivity index is 2.18. The summed E-state index contributed by atoms with van der Waals surface area (Å²) in [5.41, 5.74) is 0.926. The Bertz CT molecular complexity index is 508. The predicted octanol–water partition coefficient (Wildman–Crippen LogP) is 2.30. The molecule has 1 atom stereocenters. The summed E-state index contributed by atoms with van der Waals surface area (Å²) >= 11 is 1.56. The Morgan fingerprint density at radius 3 is 2.56 bits per heavy atom. The van der Waals surface area contributed by atoms with E-state index < -0.39 is 11.4 Å². The predicted molar refractivity (Wildman–Crippen MR) is 70.1 cm³/mol. The van der Waals surface area contributed by atoms with Crippen molar-refractivity contribution in [3.8, 4) is 0 Å². The minimum atomic E-state index is -0.823. The zero-order valence-corrected chi connectivity index (χ0v) is 11.6. The summed E-state index contributed by atoms with van der Waals surface area (Å²) in [6.07, 6.45) is 0.524. The first-order chi connectivity index (χ1) is 8.35. The summed E-state index contributed by atoms with van der Waals surface area (Å²) < 4.78 is 0. The monoisotopic (exact) mass is 267 g/mol. The molecular weight excluding hydrogens is 250 g/mol. The summed E-state index contributed by atoms with van der Waals surface area (Å²) in [5.74, 6) is -0.863. The SMILES string of the molecule is Cc1scc(C(=O)N2CCC(C)(C(=O)O)C2)c1C. The van der Waals surface area contributed by atoms with Crippen LogP contribution in [0.1, 0.15) is 34.1 Å². The van der Waals surface area contributed by atoms with Gasteiger partial charge < -0.3 is 10.0 Å². The molecule has 1 amide bonds. The highest BCUT2D eigenvalue weighted by Gasteiger charge is 2.42. The van der Waals surface area contributed by atoms with Crippen LogP contribution in [0.4, 0.5) is 0 Å². The molecule has 1 unspecified atom stereocenters. The van der Waals surface area contributed by atoms with Crippen molar-refractivity contribution in [1.29, 1.82) is 0 Å². The third-order valence-electron chi connectivity index (χ3n) is 3.79. The van der Waals surface area contributed by atoms with Crippen molar-refractivity contribution in [2.75, 3.05) is 13.1 Å². The maximum absolute atomic E-state index is 12.3. The van der Waals surface area contributed by atoms with E-state index in [9.17, 15) is 9.59 Å². The molecule has 0 bridgehead atoms. The zero-order chi connectivity index (χ0) is 13.5. The van der Waals surface area contributed by atoms with Crippen LogP contribution in [0, 0.1) is 19.3 Å². The van der Waals surface area contributed by atoms with Crippen LogP contribution in [0.5, 0.6) is 0 Å². The van der Waals surface area contributed by atoms with Gasteiger partial charge in [-0.05, 0) is 32.8 Å². The largest absolute Gasteiger partial charge is 0.481 e. The van der Waals surface area contributed by atoms with Gasteiger partial charge in [0, 0.05) is 23.3 Å². The van der Waals surface area contributed by atoms with Crippen LogP contribution in [0.25, 0.3) is 0 Å². The van der Waals surface area contributed by atoms with Gasteiger partial charge in [0.05, 0.1) is 11.0 Å². The van der Waals surface area contributed by atoms with Gasteiger partial charge in [-0.2, -0.15) is 0 Å². The fourth-order valence-corrected chi connectivity index (χ4v) is 3.06. The lowest BCUT2D eigenvalue weighted by molar-refractivity contribution is -0.147. The Kier molecular flexibility index (Phi) is 3.19. The maximum atomic E-state index is 12.3. The Labute approximate surface area is 110 Å². The zero-order valence-electron chi connectivity index (χ0n) is 10.8. The fraction of sp³-hybridized carbons (Fsp3) is 0.538. The molecule has 2 rings (SSSR count). The number of aryl methyl sites for hydroxylation is 1. The molecule has 5 heteroatoms. The molecule has 0 radical (unpaired) electrons. The van der Waals surface area contributed by atoms with Gasteiger partial charge in [0.2, 0.25) is 0 Å². The minimum absolute atomic E-state index is 0.0400. The minimum Gasteiger partial charge on any atom is -0.481 e. The first kappa shape index (κ1) is 13.1. The quantitative estimate of drug-likeness (QED) is 0.894. The average Bonchev–Trinajstić information content (AvgIpc) is 2.85. The molecular formula is C13H17NO3S. The lowest BCUT2D eigenvalue weighted by Gasteiger charge is -2.20. The molecule has 1 aromatic heterocycles. The number of thiophene rings is 1. The van der Waals surface area contributed by atoms with E-state index >= 15 is 0 Å². The number of hydrogen-bond acceptors (Lipinski definition) is 3. The van der Waals surface area contributed by atoms with Gasteiger partial charge in [0.15, 0.2) is 0 Å². The van der Waals surface area contributed by atoms with Crippen LogP contribution in [-0.2, 0) is 4.79 Å². The second-order valence-corrected chi connectivity index (χ2v) is 6.26. The van der Waals surface area contributed by atoms with E-state index in [2.05, 4.69) is 0 Å². The van der Waals surface area contributed by atoms with Crippen molar-refractivity contribution in [1.82, 2.24) is 4.90 Å². The summed E-state index contributed by atoms with van der Waals surface area (Å²) in [5, 5.41) is 11.0. The Hall–Kier alpha value is -1.36. The molecule has 1 fully saturated rings. The van der Waals surface area contributed by atoms with Gasteiger partial charge in [-0.25, -0.2) is 0 Å². The van der Waals surface area contributed by atoms with Gasteiger partial charge in [-0.1, -0.05) is 0 Å². The van der Waals surface area contributed by atoms with Gasteiger partial charge in [-0.15, -0.1) is 11.3 Å². The van der Waals surface area contributed by atoms with E-state index in [1.165, 1.54) is 0 Å². The number of rotatable bonds is 2. The number of hydrogen-bond donors (Lipinski definition) is 1. The third kappa shape index (κ3) is 2.03. The van der Waals surface area contributed by atoms with Crippen molar-refractivity contribution < 1.29 is 14.7 Å². The third-order valence-corrected chi connectivity index (χ3v) is 4.81. The van der Waals surface area contributed by atoms with Gasteiger partial charge in [0.1, 0.15) is 0 Å². The number of carboxylic acid groups (broad SMARTS) is 1. The van der Waals surface area contributed by atoms with Crippen molar-refractivity contribution in [3.63, 3.8) is 0 Å². The highest BCUT2D eigenvalue weighted by Crippen LogP contribution is 2.32. The van der Waals surface area contributed by atoms with Crippen molar-refractivity contribution in [3.05, 3.63) is 21.4 Å². The number of nitrogens with zero attached hydrogens (tertiary/aromatic N) is 1. The van der Waals surface area contributed by atoms with Gasteiger partial charge in [0.25, 0.3) is 5.91 Å². The molecule has 0 aromatic carbocycles. The lowest BCUT2D eigenvalue weighted by Crippen LogP contribution is -2.34. The molecule has 18 heavy (non-hydrogen) atoms. The summed E-state index contributed by atoms with van der Waals surface area (Å²) in [7, 11) is 0. The molecule has 2 heterocycles. The highest BCUT2D eigenvalue weighted by molar-refractivity contribution is 7.10. The van der Waals surface area contributed by atoms with E-state index in [4.69, 9.17) is 5.11 Å². The van der Waals surface area contributed by atoms with E-state index in [-0.39, 0.29) is 5.91 Å². The van der Waals surface area contributed by atoms with E-state index in [1.54, 1.807) is 23.2 Å². The van der Waals surface area contributed by atoms with E-state index in [1.807, 2.05) is 19.2 Å². The number of carbonyl (C=O) groups excluding carboxylic acids is 1. The first-order valence-electron chi connectivity index (χ1n) is 5.92. The Morgan fingerprint density at radius 1 is 1.44 bits per heavy atom. The molecule has 1 aliphatic heterocycles. The lowest BCUT2D eigenvalue weighted by atomic mass is 9.90. The highest BCUT2D eigenvalue weighted by atomic mass is 32.1. The van der Waals surface area contributed by atoms with Crippen LogP contribution in [0.2, 0.25) is 0 Å². The molecule has 98 valence electrons. The molecule has 1 saturated heterocycles. The topological polar surface area (TPSA) is 57.6 Å². The van der Waals surface area contributed by atoms with E-state index in [0.29, 0.717) is 25.1 Å². The fourth-order valence-electron chi connectivity index (χ4n) is 2.20. The van der Waals surface area contributed by atoms with Crippen LogP contribution in [-0.4, -0.2) is 35.0 Å². The van der Waals surface area contributed by atoms with E-state index in [0.717, 1.165) is 10.4 Å². The number of carbonyl (C=O) groups is 2. The average molecular weight is 267 g/mol. The molecule has 1 aliphatic rings. The van der Waals surface area contributed by atoms with Crippen LogP contribution in [0.3, 0.4) is 0 Å². The van der Waals surface area contributed by atoms with Crippen molar-refractivity contribution >= 4 is 23.2 Å². The van der Waals surface area contributed by atoms with Crippen LogP contribution in [0.15, 0.2) is 5.38 Å². The number of likely N-dealkylation sites (tertiary alicyclic amines) is 1. The van der Waals surface area contributed by atoms with Crippen molar-refractivity contribution in [2.45, 2.75) is 27.2 Å². The first-order valence-corrected chi connectivity index (χ1v) is 6.80. The smallest absolute Gasteiger partial charge is 0.311 e. The molecule has 0 spiro atoms. The normalized spacial score (nSPS) is 23.4. The molecule has 0 saturated carbocycles. The van der Waals surface area contributed by atoms with Crippen LogP contribution >= 0.6 is 11.3 Å². The van der Waals surface area contributed by atoms with Crippen LogP contribution < -0.4 is 0 Å². The second kappa shape index (κ2) is 4.39. The number of amides is 1. The number of carboxylic acids is 1. The summed E-state index contributed by atoms with van der Waals surface area (Å²) in [4.78, 5) is 26.3. The number of aliphatic carboxylic acids is 1. The molecule has 0 aliphatic carbocycles. The summed E-state index contributed by atoms with van der Waals surface area (Å²) in [6, 6.07) is 0. The summed E-state index contributed by atoms with van der Waals surface area (Å²) in [6.45, 7) is 6.45. The Morgan fingerprint density at radius 2 is 2.11 bits per heavy atom. The second-order valence-electron chi connectivity index (χ2n) is 5.17. The van der Waals surface area contributed by atoms with Gasteiger partial charge in [-0.3, -0.25) is 9.59 Å². The maximum Gasteiger partial charge on any atom is 0.311 e. The van der Waals surface area contributed by atoms with Gasteiger partial charge >= 0.3 is 5.97 Å². The van der Waals surface area contributed by atoms with Crippen molar-refractivity contribution in [2.24, 2.45) is 5.41 Å². The molecule has 1 N–H and O–H groups in total. The standard InChI is InChI=1S/C13H17NO3S/c1-8-9(2)18-6-10(8)11(15)14-5-4-13(3,7-14)12(16)17/h6H,4-5,7H2,1-3H3,(H,16,17). The molecule has 1 aromatic rings. The molecule has 4 nitrogen and oxygen atoms in total.